The Labute approximate surface area is 116 Å². The maximum absolute atomic E-state index is 8.56. The number of carboxylic acid groups (broad SMARTS) is 4. The van der Waals surface area contributed by atoms with Crippen LogP contribution in [0.1, 0.15) is 2.85 Å². The van der Waals surface area contributed by atoms with E-state index in [-0.39, 0.29) is 74.4 Å². The zero-order chi connectivity index (χ0) is 7.15. The number of carbonyl (C=O) groups is 2. The minimum absolute atomic E-state index is 0. The van der Waals surface area contributed by atoms with Gasteiger partial charge in [0.15, 0.2) is 0 Å². The average Bonchev–Trinajstić information content (AvgIpc) is 1.25. The van der Waals surface area contributed by atoms with Crippen molar-refractivity contribution >= 4 is 24.7 Å². The molecule has 0 spiro atoms. The van der Waals surface area contributed by atoms with Gasteiger partial charge in [-0.2, -0.15) is 0 Å². The topological polar surface area (TPSA) is 115 Å². The number of hydrogen-bond acceptors (Lipinski definition) is 2. The molecular weight excluding hydrogens is 201 g/mol. The van der Waals surface area contributed by atoms with Gasteiger partial charge in [0, 0.05) is 0 Å². The summed E-state index contributed by atoms with van der Waals surface area (Å²) >= 11 is 0. The molecule has 0 aliphatic rings. The van der Waals surface area contributed by atoms with Crippen LogP contribution in [0.2, 0.25) is 0 Å². The van der Waals surface area contributed by atoms with E-state index in [0.29, 0.717) is 0 Å². The van der Waals surface area contributed by atoms with E-state index in [2.05, 4.69) is 0 Å². The van der Waals surface area contributed by atoms with E-state index >= 15 is 0 Å². The van der Waals surface area contributed by atoms with Crippen molar-refractivity contribution in [1.29, 1.82) is 0 Å². The zero-order valence-electron chi connectivity index (χ0n) is 8.01. The van der Waals surface area contributed by atoms with Crippen molar-refractivity contribution in [2.24, 2.45) is 0 Å². The molecule has 4 N–H and O–H groups in total. The summed E-state index contributed by atoms with van der Waals surface area (Å²) < 4.78 is 0. The minimum atomic E-state index is -1.83. The van der Waals surface area contributed by atoms with Gasteiger partial charge in [-0.1, -0.05) is 0 Å². The molecule has 9 heteroatoms. The van der Waals surface area contributed by atoms with Crippen molar-refractivity contribution in [3.8, 4) is 0 Å². The molecule has 0 saturated carbocycles. The van der Waals surface area contributed by atoms with Gasteiger partial charge in [-0.15, -0.1) is 12.4 Å². The van der Waals surface area contributed by atoms with Crippen molar-refractivity contribution < 1.29 is 92.0 Å². The van der Waals surface area contributed by atoms with Gasteiger partial charge in [0.05, 0.1) is 0 Å². The van der Waals surface area contributed by atoms with Crippen LogP contribution >= 0.6 is 12.4 Å². The van der Waals surface area contributed by atoms with Crippen LogP contribution in [0.5, 0.6) is 0 Å². The molecule has 0 fully saturated rings. The Kier molecular flexibility index (Phi) is 60.7. The molecule has 0 amide bonds. The van der Waals surface area contributed by atoms with Gasteiger partial charge >= 0.3 is 71.4 Å². The monoisotopic (exact) mass is 208 g/mol. The van der Waals surface area contributed by atoms with Gasteiger partial charge in [0.25, 0.3) is 0 Å². The largest absolute Gasteiger partial charge is 1.00 e. The van der Waals surface area contributed by atoms with Crippen LogP contribution in [0.4, 0.5) is 9.59 Å². The van der Waals surface area contributed by atoms with E-state index in [1.807, 2.05) is 0 Å². The molecule has 0 aliphatic carbocycles. The second-order valence-electron chi connectivity index (χ2n) is 0.565. The Bertz CT molecular complexity index is 84.6. The number of halogens is 1. The van der Waals surface area contributed by atoms with Crippen LogP contribution in [0.25, 0.3) is 0 Å². The molecule has 0 aliphatic heterocycles. The summed E-state index contributed by atoms with van der Waals surface area (Å²) in [5.41, 5.74) is 0. The van der Waals surface area contributed by atoms with Crippen LogP contribution in [0.3, 0.4) is 0 Å². The van der Waals surface area contributed by atoms with Crippen molar-refractivity contribution in [2.75, 3.05) is 0 Å². The van der Waals surface area contributed by atoms with E-state index in [1.165, 1.54) is 0 Å². The first-order valence-corrected chi connectivity index (χ1v) is 1.30. The summed E-state index contributed by atoms with van der Waals surface area (Å²) in [6.45, 7) is 0. The summed E-state index contributed by atoms with van der Waals surface area (Å²) in [6.07, 6.45) is -3.67. The Morgan fingerprint density at radius 2 is 0.818 bits per heavy atom. The summed E-state index contributed by atoms with van der Waals surface area (Å²) in [7, 11) is 0. The molecule has 0 saturated heterocycles. The zero-order valence-corrected chi connectivity index (χ0v) is 10.8. The smallest absolute Gasteiger partial charge is 1.00 e. The Morgan fingerprint density at radius 1 is 0.818 bits per heavy atom. The molecule has 60 valence electrons. The third kappa shape index (κ3) is 1230. The summed E-state index contributed by atoms with van der Waals surface area (Å²) in [5, 5.41) is 27.9. The first kappa shape index (κ1) is 29.7. The summed E-state index contributed by atoms with van der Waals surface area (Å²) in [6, 6.07) is 0. The van der Waals surface area contributed by atoms with E-state index in [1.54, 1.807) is 0 Å². The van der Waals surface area contributed by atoms with E-state index in [9.17, 15) is 0 Å². The molecule has 0 aromatic rings. The van der Waals surface area contributed by atoms with Crippen molar-refractivity contribution in [3.05, 3.63) is 0 Å². The minimum Gasteiger partial charge on any atom is -1.00 e. The Morgan fingerprint density at radius 3 is 0.818 bits per heavy atom. The van der Waals surface area contributed by atoms with Gasteiger partial charge in [0.2, 0.25) is 0 Å². The molecular formula is C2H7ClNa2O6. The number of rotatable bonds is 0. The summed E-state index contributed by atoms with van der Waals surface area (Å²) in [4.78, 5) is 17.1. The number of hydrogen-bond donors (Lipinski definition) is 4. The van der Waals surface area contributed by atoms with Crippen LogP contribution < -0.4 is 59.1 Å². The molecule has 0 rings (SSSR count). The van der Waals surface area contributed by atoms with Crippen molar-refractivity contribution in [1.82, 2.24) is 0 Å². The first-order chi connectivity index (χ1) is 3.46. The standard InChI is InChI=1S/2CH2O3.ClH.2Na.2H/c2*2-1(3)4;;;;;/h2*(H2,2,3,4);1H;;;;/q;;;2*+1;2*-1. The molecule has 0 bridgehead atoms. The predicted molar refractivity (Wildman–Crippen MR) is 30.8 cm³/mol. The molecule has 0 aromatic heterocycles. The van der Waals surface area contributed by atoms with Crippen LogP contribution in [0.15, 0.2) is 0 Å². The van der Waals surface area contributed by atoms with Crippen LogP contribution in [-0.4, -0.2) is 32.7 Å². The summed E-state index contributed by atoms with van der Waals surface area (Å²) in [5.74, 6) is 0. The first-order valence-electron chi connectivity index (χ1n) is 1.30. The quantitative estimate of drug-likeness (QED) is 0.297. The van der Waals surface area contributed by atoms with Gasteiger partial charge in [-0.3, -0.25) is 0 Å². The molecule has 6 nitrogen and oxygen atoms in total. The molecule has 0 unspecified atom stereocenters. The van der Waals surface area contributed by atoms with E-state index in [4.69, 9.17) is 30.0 Å². The van der Waals surface area contributed by atoms with E-state index < -0.39 is 12.3 Å². The van der Waals surface area contributed by atoms with Crippen molar-refractivity contribution in [3.63, 3.8) is 0 Å². The van der Waals surface area contributed by atoms with Gasteiger partial charge < -0.3 is 23.3 Å². The average molecular weight is 209 g/mol. The molecule has 0 heterocycles. The van der Waals surface area contributed by atoms with Crippen LogP contribution in [-0.2, 0) is 0 Å². The second-order valence-corrected chi connectivity index (χ2v) is 0.565. The SMILES string of the molecule is Cl.O=C(O)O.O=C(O)O.[H-].[H-].[Na+].[Na+]. The normalized spacial score (nSPS) is 4.36. The van der Waals surface area contributed by atoms with Gasteiger partial charge in [0.1, 0.15) is 0 Å². The third-order valence-electron chi connectivity index (χ3n) is 0. The van der Waals surface area contributed by atoms with E-state index in [0.717, 1.165) is 0 Å². The van der Waals surface area contributed by atoms with Gasteiger partial charge in [-0.25, -0.2) is 9.59 Å². The van der Waals surface area contributed by atoms with Gasteiger partial charge in [-0.05, 0) is 0 Å². The fourth-order valence-corrected chi connectivity index (χ4v) is 0. The second kappa shape index (κ2) is 22.4. The fraction of sp³-hybridized carbons (Fsp3) is 0. The third-order valence-corrected chi connectivity index (χ3v) is 0. The van der Waals surface area contributed by atoms with Crippen LogP contribution in [0, 0.1) is 0 Å². The molecule has 0 atom stereocenters. The maximum atomic E-state index is 8.56. The Balaban J connectivity index is -0.00000000800. The fourth-order valence-electron chi connectivity index (χ4n) is 0. The molecule has 0 radical (unpaired) electrons. The predicted octanol–water partition coefficient (Wildman–Crippen LogP) is -4.90. The maximum Gasteiger partial charge on any atom is 1.00 e. The molecule has 11 heavy (non-hydrogen) atoms. The molecule has 0 aromatic carbocycles. The van der Waals surface area contributed by atoms with Crippen molar-refractivity contribution in [2.45, 2.75) is 0 Å². The Hall–Kier alpha value is 0.830.